The summed E-state index contributed by atoms with van der Waals surface area (Å²) in [6.07, 6.45) is 0.548. The van der Waals surface area contributed by atoms with Crippen LogP contribution in [0, 0.1) is 0 Å². The second-order valence-electron chi connectivity index (χ2n) is 5.56. The minimum atomic E-state index is -0.908. The van der Waals surface area contributed by atoms with E-state index in [0.717, 1.165) is 5.56 Å². The molecular weight excluding hydrogens is 242 g/mol. The van der Waals surface area contributed by atoms with E-state index >= 15 is 0 Å². The fraction of sp³-hybridized carbons (Fsp3) is 0.333. The number of rotatable bonds is 0. The number of hydrogen-bond acceptors (Lipinski definition) is 3. The monoisotopic (exact) mass is 257 g/mol. The van der Waals surface area contributed by atoms with Crippen LogP contribution in [0.3, 0.4) is 0 Å². The zero-order chi connectivity index (χ0) is 13.9. The Morgan fingerprint density at radius 3 is 2.68 bits per heavy atom. The van der Waals surface area contributed by atoms with Crippen LogP contribution in [0.4, 0.5) is 5.69 Å². The molecule has 1 aliphatic heterocycles. The number of likely N-dealkylation sites (N-methyl/N-ethyl adjacent to an activating group) is 1. The Labute approximate surface area is 111 Å². The van der Waals surface area contributed by atoms with E-state index in [1.807, 2.05) is 6.07 Å². The normalized spacial score (nSPS) is 20.2. The van der Waals surface area contributed by atoms with Crippen molar-refractivity contribution in [3.05, 3.63) is 35.4 Å². The number of fused-ring (bicyclic) bond motifs is 2. The summed E-state index contributed by atoms with van der Waals surface area (Å²) >= 11 is 0. The van der Waals surface area contributed by atoms with E-state index in [0.29, 0.717) is 29.0 Å². The van der Waals surface area contributed by atoms with E-state index in [1.165, 1.54) is 0 Å². The first-order valence-electron chi connectivity index (χ1n) is 6.18. The molecule has 1 amide bonds. The van der Waals surface area contributed by atoms with Crippen LogP contribution >= 0.6 is 0 Å². The SMILES string of the molecule is C=C1Cc2cc3c(cc2C1=O)OC(C)(C)C(=O)N3C. The lowest BCUT2D eigenvalue weighted by molar-refractivity contribution is -0.132. The van der Waals surface area contributed by atoms with Gasteiger partial charge in [0.1, 0.15) is 5.75 Å². The van der Waals surface area contributed by atoms with Crippen molar-refractivity contribution in [3.63, 3.8) is 0 Å². The van der Waals surface area contributed by atoms with Crippen molar-refractivity contribution in [1.29, 1.82) is 0 Å². The van der Waals surface area contributed by atoms with Gasteiger partial charge in [0.05, 0.1) is 5.69 Å². The van der Waals surface area contributed by atoms with Crippen LogP contribution in [0.25, 0.3) is 0 Å². The summed E-state index contributed by atoms with van der Waals surface area (Å²) in [7, 11) is 1.73. The highest BCUT2D eigenvalue weighted by atomic mass is 16.5. The minimum Gasteiger partial charge on any atom is -0.476 e. The van der Waals surface area contributed by atoms with Gasteiger partial charge in [-0.2, -0.15) is 0 Å². The molecule has 0 unspecified atom stereocenters. The maximum atomic E-state index is 12.2. The summed E-state index contributed by atoms with van der Waals surface area (Å²) < 4.78 is 5.74. The number of benzene rings is 1. The molecule has 0 bridgehead atoms. The molecule has 4 heteroatoms. The van der Waals surface area contributed by atoms with Crippen LogP contribution in [-0.2, 0) is 11.2 Å². The summed E-state index contributed by atoms with van der Waals surface area (Å²) in [6.45, 7) is 7.22. The van der Waals surface area contributed by atoms with Gasteiger partial charge in [-0.1, -0.05) is 6.58 Å². The van der Waals surface area contributed by atoms with Crippen molar-refractivity contribution in [1.82, 2.24) is 0 Å². The fourth-order valence-corrected chi connectivity index (χ4v) is 2.65. The number of allylic oxidation sites excluding steroid dienone is 1. The van der Waals surface area contributed by atoms with Crippen molar-refractivity contribution in [2.24, 2.45) is 0 Å². The zero-order valence-corrected chi connectivity index (χ0v) is 11.2. The molecule has 2 aliphatic rings. The first kappa shape index (κ1) is 12.0. The summed E-state index contributed by atoms with van der Waals surface area (Å²) in [4.78, 5) is 25.7. The fourth-order valence-electron chi connectivity index (χ4n) is 2.65. The van der Waals surface area contributed by atoms with Gasteiger partial charge >= 0.3 is 0 Å². The van der Waals surface area contributed by atoms with Gasteiger partial charge < -0.3 is 9.64 Å². The molecular formula is C15H15NO3. The van der Waals surface area contributed by atoms with Crippen molar-refractivity contribution >= 4 is 17.4 Å². The van der Waals surface area contributed by atoms with Gasteiger partial charge in [0.15, 0.2) is 11.4 Å². The summed E-state index contributed by atoms with van der Waals surface area (Å²) in [5.74, 6) is 0.454. The topological polar surface area (TPSA) is 46.6 Å². The Kier molecular flexibility index (Phi) is 2.18. The number of amides is 1. The van der Waals surface area contributed by atoms with Crippen molar-refractivity contribution in [2.45, 2.75) is 25.9 Å². The van der Waals surface area contributed by atoms with E-state index in [1.54, 1.807) is 31.9 Å². The van der Waals surface area contributed by atoms with Gasteiger partial charge in [0.25, 0.3) is 5.91 Å². The van der Waals surface area contributed by atoms with Crippen LogP contribution in [0.1, 0.15) is 29.8 Å². The molecule has 98 valence electrons. The van der Waals surface area contributed by atoms with E-state index in [-0.39, 0.29) is 11.7 Å². The molecule has 1 aromatic rings. The van der Waals surface area contributed by atoms with Crippen molar-refractivity contribution in [3.8, 4) is 5.75 Å². The zero-order valence-electron chi connectivity index (χ0n) is 11.2. The number of nitrogens with zero attached hydrogens (tertiary/aromatic N) is 1. The van der Waals surface area contributed by atoms with E-state index in [2.05, 4.69) is 6.58 Å². The van der Waals surface area contributed by atoms with Gasteiger partial charge in [0.2, 0.25) is 0 Å². The second-order valence-corrected chi connectivity index (χ2v) is 5.56. The molecule has 0 fully saturated rings. The number of carbonyl (C=O) groups is 2. The number of ketones is 1. The molecule has 0 N–H and O–H groups in total. The van der Waals surface area contributed by atoms with Gasteiger partial charge in [0, 0.05) is 19.0 Å². The Hall–Kier alpha value is -2.10. The highest BCUT2D eigenvalue weighted by Crippen LogP contribution is 2.41. The van der Waals surface area contributed by atoms with E-state index in [9.17, 15) is 9.59 Å². The molecule has 0 atom stereocenters. The van der Waals surface area contributed by atoms with Crippen molar-refractivity contribution in [2.75, 3.05) is 11.9 Å². The highest BCUT2D eigenvalue weighted by molar-refractivity contribution is 6.14. The standard InChI is InChI=1S/C15H15NO3/c1-8-5-9-6-11-12(7-10(9)13(8)17)19-15(2,3)14(18)16(11)4/h6-7H,1,5H2,2-4H3. The minimum absolute atomic E-state index is 0.0289. The maximum absolute atomic E-state index is 12.2. The number of carbonyl (C=O) groups excluding carboxylic acids is 2. The van der Waals surface area contributed by atoms with Gasteiger partial charge in [-0.05, 0) is 37.1 Å². The van der Waals surface area contributed by atoms with Crippen LogP contribution in [0.2, 0.25) is 0 Å². The first-order chi connectivity index (χ1) is 8.81. The summed E-state index contributed by atoms with van der Waals surface area (Å²) in [5.41, 5.74) is 1.95. The van der Waals surface area contributed by atoms with E-state index < -0.39 is 5.60 Å². The molecule has 1 heterocycles. The Bertz CT molecular complexity index is 643. The van der Waals surface area contributed by atoms with Crippen LogP contribution in [0.15, 0.2) is 24.3 Å². The molecule has 3 rings (SSSR count). The molecule has 1 aliphatic carbocycles. The molecule has 0 aromatic heterocycles. The van der Waals surface area contributed by atoms with Crippen LogP contribution < -0.4 is 9.64 Å². The third-order valence-electron chi connectivity index (χ3n) is 3.70. The first-order valence-corrected chi connectivity index (χ1v) is 6.18. The third-order valence-corrected chi connectivity index (χ3v) is 3.70. The molecule has 1 aromatic carbocycles. The summed E-state index contributed by atoms with van der Waals surface area (Å²) in [6, 6.07) is 3.59. The smallest absolute Gasteiger partial charge is 0.270 e. The average molecular weight is 257 g/mol. The van der Waals surface area contributed by atoms with Gasteiger partial charge in [-0.25, -0.2) is 0 Å². The van der Waals surface area contributed by atoms with Gasteiger partial charge in [-0.3, -0.25) is 9.59 Å². The number of hydrogen-bond donors (Lipinski definition) is 0. The Morgan fingerprint density at radius 1 is 1.32 bits per heavy atom. The maximum Gasteiger partial charge on any atom is 0.270 e. The third kappa shape index (κ3) is 1.52. The van der Waals surface area contributed by atoms with Gasteiger partial charge in [-0.15, -0.1) is 0 Å². The highest BCUT2D eigenvalue weighted by Gasteiger charge is 2.40. The number of anilines is 1. The second kappa shape index (κ2) is 3.47. The van der Waals surface area contributed by atoms with E-state index in [4.69, 9.17) is 4.74 Å². The van der Waals surface area contributed by atoms with Crippen LogP contribution in [0.5, 0.6) is 5.75 Å². The molecule has 0 spiro atoms. The molecule has 0 radical (unpaired) electrons. The number of Topliss-reactive ketones (excluding diaryl/α,β-unsaturated/α-hetero) is 1. The lowest BCUT2D eigenvalue weighted by Crippen LogP contribution is -2.50. The van der Waals surface area contributed by atoms with Crippen molar-refractivity contribution < 1.29 is 14.3 Å². The Morgan fingerprint density at radius 2 is 2.00 bits per heavy atom. The largest absolute Gasteiger partial charge is 0.476 e. The quantitative estimate of drug-likeness (QED) is 0.669. The summed E-state index contributed by atoms with van der Waals surface area (Å²) in [5, 5.41) is 0. The molecule has 0 saturated carbocycles. The molecule has 19 heavy (non-hydrogen) atoms. The number of ether oxygens (including phenoxy) is 1. The van der Waals surface area contributed by atoms with Crippen LogP contribution in [-0.4, -0.2) is 24.3 Å². The molecule has 4 nitrogen and oxygen atoms in total. The average Bonchev–Trinajstić information content (AvgIpc) is 2.61. The Balaban J connectivity index is 2.19. The predicted octanol–water partition coefficient (Wildman–Crippen LogP) is 2.12. The lowest BCUT2D eigenvalue weighted by atomic mass is 10.0. The lowest BCUT2D eigenvalue weighted by Gasteiger charge is -2.37. The predicted molar refractivity (Wildman–Crippen MR) is 71.7 cm³/mol. The molecule has 0 saturated heterocycles.